The van der Waals surface area contributed by atoms with Crippen LogP contribution in [0.2, 0.25) is 0 Å². The number of ketones is 1. The summed E-state index contributed by atoms with van der Waals surface area (Å²) in [5, 5.41) is 0.978. The summed E-state index contributed by atoms with van der Waals surface area (Å²) < 4.78 is 4.20. The van der Waals surface area contributed by atoms with Gasteiger partial charge in [-0.15, -0.1) is 0 Å². The van der Waals surface area contributed by atoms with Gasteiger partial charge < -0.3 is 4.90 Å². The Kier molecular flexibility index (Phi) is 3.30. The molecule has 5 heteroatoms. The maximum Gasteiger partial charge on any atom is 0.205 e. The highest BCUT2D eigenvalue weighted by Crippen LogP contribution is 2.21. The van der Waals surface area contributed by atoms with Gasteiger partial charge in [0, 0.05) is 24.6 Å². The van der Waals surface area contributed by atoms with Crippen molar-refractivity contribution in [2.75, 3.05) is 18.0 Å². The first-order valence-electron chi connectivity index (χ1n) is 5.32. The molecule has 0 spiro atoms. The van der Waals surface area contributed by atoms with Gasteiger partial charge in [-0.05, 0) is 26.2 Å². The van der Waals surface area contributed by atoms with Gasteiger partial charge in [-0.25, -0.2) is 4.98 Å². The molecule has 4 nitrogen and oxygen atoms in total. The highest BCUT2D eigenvalue weighted by Gasteiger charge is 2.15. The maximum absolute atomic E-state index is 10.9. The van der Waals surface area contributed by atoms with Crippen LogP contribution in [-0.2, 0) is 11.2 Å². The van der Waals surface area contributed by atoms with E-state index < -0.39 is 0 Å². The van der Waals surface area contributed by atoms with Crippen molar-refractivity contribution in [3.05, 3.63) is 5.82 Å². The van der Waals surface area contributed by atoms with Crippen molar-refractivity contribution in [3.63, 3.8) is 0 Å². The second-order valence-corrected chi connectivity index (χ2v) is 4.65. The minimum absolute atomic E-state index is 0.123. The summed E-state index contributed by atoms with van der Waals surface area (Å²) in [6, 6.07) is 0. The third kappa shape index (κ3) is 2.75. The van der Waals surface area contributed by atoms with Crippen molar-refractivity contribution < 1.29 is 4.79 Å². The second-order valence-electron chi connectivity index (χ2n) is 3.92. The van der Waals surface area contributed by atoms with E-state index in [9.17, 15) is 4.79 Å². The zero-order chi connectivity index (χ0) is 10.7. The van der Waals surface area contributed by atoms with Gasteiger partial charge in [0.25, 0.3) is 0 Å². The number of rotatable bonds is 3. The lowest BCUT2D eigenvalue weighted by atomic mass is 10.1. The number of hydrogen-bond donors (Lipinski definition) is 0. The standard InChI is InChI=1S/C10H15N3OS/c1-8(14)7-9-11-10(15-12-9)13-5-3-2-4-6-13/h2-7H2,1H3. The molecule has 0 amide bonds. The molecule has 0 unspecified atom stereocenters. The minimum Gasteiger partial charge on any atom is -0.347 e. The van der Waals surface area contributed by atoms with Crippen molar-refractivity contribution in [2.24, 2.45) is 0 Å². The molecule has 2 heterocycles. The van der Waals surface area contributed by atoms with Crippen molar-refractivity contribution in [2.45, 2.75) is 32.6 Å². The van der Waals surface area contributed by atoms with Crippen molar-refractivity contribution in [3.8, 4) is 0 Å². The van der Waals surface area contributed by atoms with Crippen LogP contribution in [0.5, 0.6) is 0 Å². The van der Waals surface area contributed by atoms with E-state index in [-0.39, 0.29) is 5.78 Å². The van der Waals surface area contributed by atoms with Gasteiger partial charge in [0.1, 0.15) is 5.78 Å². The largest absolute Gasteiger partial charge is 0.347 e. The predicted molar refractivity (Wildman–Crippen MR) is 60.4 cm³/mol. The number of piperidine rings is 1. The van der Waals surface area contributed by atoms with E-state index >= 15 is 0 Å². The third-order valence-electron chi connectivity index (χ3n) is 2.49. The minimum atomic E-state index is 0.123. The van der Waals surface area contributed by atoms with Gasteiger partial charge in [0.05, 0.1) is 6.42 Å². The molecule has 0 atom stereocenters. The fraction of sp³-hybridized carbons (Fsp3) is 0.700. The first-order chi connectivity index (χ1) is 7.25. The molecule has 0 aliphatic carbocycles. The molecule has 1 saturated heterocycles. The molecule has 2 rings (SSSR count). The number of carbonyl (C=O) groups is 1. The summed E-state index contributed by atoms with van der Waals surface area (Å²) in [6.45, 7) is 3.73. The summed E-state index contributed by atoms with van der Waals surface area (Å²) in [4.78, 5) is 17.6. The van der Waals surface area contributed by atoms with Crippen molar-refractivity contribution >= 4 is 22.4 Å². The molecule has 0 bridgehead atoms. The van der Waals surface area contributed by atoms with E-state index in [1.165, 1.54) is 30.8 Å². The Morgan fingerprint density at radius 2 is 2.13 bits per heavy atom. The fourth-order valence-electron chi connectivity index (χ4n) is 1.75. The highest BCUT2D eigenvalue weighted by molar-refractivity contribution is 7.09. The van der Waals surface area contributed by atoms with Crippen LogP contribution in [0.15, 0.2) is 0 Å². The van der Waals surface area contributed by atoms with Gasteiger partial charge >= 0.3 is 0 Å². The Morgan fingerprint density at radius 1 is 1.40 bits per heavy atom. The van der Waals surface area contributed by atoms with E-state index in [2.05, 4.69) is 14.3 Å². The Balaban J connectivity index is 2.02. The molecule has 0 saturated carbocycles. The SMILES string of the molecule is CC(=O)Cc1nsc(N2CCCCC2)n1. The smallest absolute Gasteiger partial charge is 0.205 e. The number of carbonyl (C=O) groups excluding carboxylic acids is 1. The molecule has 0 radical (unpaired) electrons. The molecule has 1 fully saturated rings. The van der Waals surface area contributed by atoms with Gasteiger partial charge in [-0.1, -0.05) is 0 Å². The summed E-state index contributed by atoms with van der Waals surface area (Å²) in [5.74, 6) is 0.797. The van der Waals surface area contributed by atoms with Gasteiger partial charge in [-0.2, -0.15) is 4.37 Å². The Morgan fingerprint density at radius 3 is 2.80 bits per heavy atom. The molecular formula is C10H15N3OS. The quantitative estimate of drug-likeness (QED) is 0.785. The van der Waals surface area contributed by atoms with Crippen LogP contribution in [0.4, 0.5) is 5.13 Å². The maximum atomic E-state index is 10.9. The fourth-order valence-corrected chi connectivity index (χ4v) is 2.49. The van der Waals surface area contributed by atoms with Crippen molar-refractivity contribution in [1.82, 2.24) is 9.36 Å². The monoisotopic (exact) mass is 225 g/mol. The zero-order valence-corrected chi connectivity index (χ0v) is 9.72. The van der Waals surface area contributed by atoms with Crippen LogP contribution in [0.1, 0.15) is 32.0 Å². The number of nitrogens with zero attached hydrogens (tertiary/aromatic N) is 3. The van der Waals surface area contributed by atoms with E-state index in [4.69, 9.17) is 0 Å². The highest BCUT2D eigenvalue weighted by atomic mass is 32.1. The lowest BCUT2D eigenvalue weighted by Gasteiger charge is -2.25. The van der Waals surface area contributed by atoms with Crippen LogP contribution >= 0.6 is 11.5 Å². The molecule has 15 heavy (non-hydrogen) atoms. The first kappa shape index (κ1) is 10.5. The number of Topliss-reactive ketones (excluding diaryl/α,β-unsaturated/α-hetero) is 1. The van der Waals surface area contributed by atoms with E-state index in [0.717, 1.165) is 18.2 Å². The zero-order valence-electron chi connectivity index (χ0n) is 8.90. The Bertz CT molecular complexity index is 344. The van der Waals surface area contributed by atoms with Crippen molar-refractivity contribution in [1.29, 1.82) is 0 Å². The lowest BCUT2D eigenvalue weighted by Crippen LogP contribution is -2.29. The first-order valence-corrected chi connectivity index (χ1v) is 6.10. The van der Waals surface area contributed by atoms with Crippen LogP contribution in [0.25, 0.3) is 0 Å². The van der Waals surface area contributed by atoms with Gasteiger partial charge in [0.2, 0.25) is 5.13 Å². The second kappa shape index (κ2) is 4.70. The van der Waals surface area contributed by atoms with Crippen LogP contribution < -0.4 is 4.90 Å². The normalized spacial score (nSPS) is 16.7. The summed E-state index contributed by atoms with van der Waals surface area (Å²) in [7, 11) is 0. The van der Waals surface area contributed by atoms with Crippen LogP contribution in [0, 0.1) is 0 Å². The molecule has 1 aromatic rings. The molecule has 1 aromatic heterocycles. The molecule has 82 valence electrons. The molecule has 0 aromatic carbocycles. The summed E-state index contributed by atoms with van der Waals surface area (Å²) >= 11 is 1.41. The van der Waals surface area contributed by atoms with Crippen LogP contribution in [-0.4, -0.2) is 28.2 Å². The average molecular weight is 225 g/mol. The van der Waals surface area contributed by atoms with Crippen LogP contribution in [0.3, 0.4) is 0 Å². The Hall–Kier alpha value is -0.970. The Labute approximate surface area is 93.5 Å². The topological polar surface area (TPSA) is 46.1 Å². The molecular weight excluding hydrogens is 210 g/mol. The average Bonchev–Trinajstić information content (AvgIpc) is 2.67. The van der Waals surface area contributed by atoms with Gasteiger partial charge in [0.15, 0.2) is 5.82 Å². The van der Waals surface area contributed by atoms with E-state index in [0.29, 0.717) is 12.2 Å². The number of hydrogen-bond acceptors (Lipinski definition) is 5. The lowest BCUT2D eigenvalue weighted by molar-refractivity contribution is -0.116. The van der Waals surface area contributed by atoms with E-state index in [1.807, 2.05) is 0 Å². The molecule has 1 aliphatic rings. The molecule has 1 aliphatic heterocycles. The van der Waals surface area contributed by atoms with Gasteiger partial charge in [-0.3, -0.25) is 4.79 Å². The van der Waals surface area contributed by atoms with E-state index in [1.54, 1.807) is 6.92 Å². The summed E-state index contributed by atoms with van der Waals surface area (Å²) in [5.41, 5.74) is 0. The molecule has 0 N–H and O–H groups in total. The number of anilines is 1. The predicted octanol–water partition coefficient (Wildman–Crippen LogP) is 1.66. The number of aromatic nitrogens is 2. The third-order valence-corrected chi connectivity index (χ3v) is 3.31. The summed E-state index contributed by atoms with van der Waals surface area (Å²) in [6.07, 6.45) is 4.16.